The number of hydrogen-bond acceptors (Lipinski definition) is 3. The second kappa shape index (κ2) is 9.14. The van der Waals surface area contributed by atoms with Gasteiger partial charge < -0.3 is 13.9 Å². The molecule has 0 spiro atoms. The van der Waals surface area contributed by atoms with E-state index in [9.17, 15) is 17.6 Å². The number of ether oxygens (including phenoxy) is 2. The average Bonchev–Trinajstić information content (AvgIpc) is 2.46. The summed E-state index contributed by atoms with van der Waals surface area (Å²) in [4.78, 5) is 0. The van der Waals surface area contributed by atoms with Gasteiger partial charge in [-0.15, -0.1) is 0 Å². The van der Waals surface area contributed by atoms with Gasteiger partial charge in [-0.2, -0.15) is 0 Å². The highest BCUT2D eigenvalue weighted by Gasteiger charge is 2.18. The molecule has 0 amide bonds. The summed E-state index contributed by atoms with van der Waals surface area (Å²) in [6.45, 7) is 3.65. The number of rotatable bonds is 9. The first-order valence-corrected chi connectivity index (χ1v) is 8.25. The molecule has 8 heteroatoms. The molecule has 0 N–H and O–H groups in total. The molecule has 0 aliphatic rings. The minimum Gasteiger partial charge on any atom is -0.379 e. The second-order valence-electron chi connectivity index (χ2n) is 4.13. The van der Waals surface area contributed by atoms with E-state index in [4.69, 9.17) is 13.9 Å². The Balaban J connectivity index is 2.49. The molecule has 1 aromatic carbocycles. The summed E-state index contributed by atoms with van der Waals surface area (Å²) in [6, 6.07) is 1.09. The largest absolute Gasteiger partial charge is 0.379 e. The van der Waals surface area contributed by atoms with Crippen molar-refractivity contribution >= 4 is 9.76 Å². The van der Waals surface area contributed by atoms with Crippen LogP contribution in [0.5, 0.6) is 0 Å². The predicted octanol–water partition coefficient (Wildman–Crippen LogP) is 2.66. The van der Waals surface area contributed by atoms with E-state index >= 15 is 0 Å². The number of benzene rings is 1. The van der Waals surface area contributed by atoms with Crippen molar-refractivity contribution in [2.45, 2.75) is 32.8 Å². The molecule has 0 radical (unpaired) electrons. The summed E-state index contributed by atoms with van der Waals surface area (Å²) in [5.41, 5.74) is -0.202. The maximum atomic E-state index is 13.4. The molecule has 120 valence electrons. The van der Waals surface area contributed by atoms with Crippen molar-refractivity contribution in [2.24, 2.45) is 0 Å². The lowest BCUT2D eigenvalue weighted by Crippen LogP contribution is -2.23. The number of aryl methyl sites for hydroxylation is 1. The Labute approximate surface area is 123 Å². The van der Waals surface area contributed by atoms with Gasteiger partial charge >= 0.3 is 0 Å². The second-order valence-corrected chi connectivity index (χ2v) is 5.58. The highest BCUT2D eigenvalue weighted by Crippen LogP contribution is 2.19. The molecule has 0 saturated carbocycles. The minimum absolute atomic E-state index is 0.0666. The Hall–Kier alpha value is -0.963. The van der Waals surface area contributed by atoms with Crippen LogP contribution in [0.4, 0.5) is 17.6 Å². The van der Waals surface area contributed by atoms with Gasteiger partial charge in [0.05, 0.1) is 0 Å². The predicted molar refractivity (Wildman–Crippen MR) is 71.5 cm³/mol. The lowest BCUT2D eigenvalue weighted by Gasteiger charge is -2.17. The van der Waals surface area contributed by atoms with Crippen molar-refractivity contribution in [3.05, 3.63) is 34.9 Å². The van der Waals surface area contributed by atoms with Crippen molar-refractivity contribution in [3.63, 3.8) is 0 Å². The Bertz CT molecular complexity index is 454. The molecule has 21 heavy (non-hydrogen) atoms. The van der Waals surface area contributed by atoms with Gasteiger partial charge in [-0.05, 0) is 37.9 Å². The third-order valence-electron chi connectivity index (χ3n) is 2.63. The molecule has 1 rings (SSSR count). The topological polar surface area (TPSA) is 27.7 Å². The van der Waals surface area contributed by atoms with E-state index in [-0.39, 0.29) is 12.0 Å². The van der Waals surface area contributed by atoms with E-state index in [0.29, 0.717) is 25.3 Å². The SMILES string of the molecule is CCOC(OCC)O[SiH2]CCc1cc(F)c(F)c(F)c1F. The maximum Gasteiger partial charge on any atom is 0.261 e. The first kappa shape index (κ1) is 18.1. The van der Waals surface area contributed by atoms with Crippen LogP contribution in [0.2, 0.25) is 6.04 Å². The van der Waals surface area contributed by atoms with Crippen LogP contribution in [0.15, 0.2) is 6.07 Å². The monoisotopic (exact) mass is 326 g/mol. The Morgan fingerprint density at radius 1 is 1.00 bits per heavy atom. The molecule has 0 saturated heterocycles. The third kappa shape index (κ3) is 5.38. The molecule has 0 aliphatic heterocycles. The summed E-state index contributed by atoms with van der Waals surface area (Å²) in [6.07, 6.45) is 0.0666. The molecular weight excluding hydrogens is 308 g/mol. The lowest BCUT2D eigenvalue weighted by molar-refractivity contribution is -0.243. The van der Waals surface area contributed by atoms with Crippen LogP contribution < -0.4 is 0 Å². The minimum atomic E-state index is -1.79. The van der Waals surface area contributed by atoms with Crippen molar-refractivity contribution in [3.8, 4) is 0 Å². The van der Waals surface area contributed by atoms with Crippen LogP contribution in [0.1, 0.15) is 19.4 Å². The van der Waals surface area contributed by atoms with Crippen LogP contribution in [-0.2, 0) is 20.3 Å². The number of hydrogen-bond donors (Lipinski definition) is 0. The van der Waals surface area contributed by atoms with E-state index in [1.807, 2.05) is 0 Å². The van der Waals surface area contributed by atoms with Gasteiger partial charge in [0.1, 0.15) is 0 Å². The maximum absolute atomic E-state index is 13.4. The summed E-state index contributed by atoms with van der Waals surface area (Å²) in [5.74, 6) is -6.33. The van der Waals surface area contributed by atoms with Gasteiger partial charge in [-0.3, -0.25) is 0 Å². The van der Waals surface area contributed by atoms with Crippen molar-refractivity contribution in [2.75, 3.05) is 13.2 Å². The van der Waals surface area contributed by atoms with Crippen LogP contribution in [0, 0.1) is 23.3 Å². The molecule has 0 bridgehead atoms. The van der Waals surface area contributed by atoms with E-state index in [0.717, 1.165) is 0 Å². The summed E-state index contributed by atoms with van der Waals surface area (Å²) in [7, 11) is -1.13. The highest BCUT2D eigenvalue weighted by molar-refractivity contribution is 6.27. The first-order chi connectivity index (χ1) is 10.0. The summed E-state index contributed by atoms with van der Waals surface area (Å²) < 4.78 is 68.0. The van der Waals surface area contributed by atoms with Crippen LogP contribution in [0.3, 0.4) is 0 Å². The summed E-state index contributed by atoms with van der Waals surface area (Å²) in [5, 5.41) is 0. The summed E-state index contributed by atoms with van der Waals surface area (Å²) >= 11 is 0. The smallest absolute Gasteiger partial charge is 0.261 e. The highest BCUT2D eigenvalue weighted by atomic mass is 28.2. The van der Waals surface area contributed by atoms with Crippen LogP contribution in [-0.4, -0.2) is 29.5 Å². The van der Waals surface area contributed by atoms with Gasteiger partial charge in [0, 0.05) is 13.2 Å². The Morgan fingerprint density at radius 2 is 1.62 bits per heavy atom. The van der Waals surface area contributed by atoms with Crippen molar-refractivity contribution < 1.29 is 31.5 Å². The van der Waals surface area contributed by atoms with Crippen molar-refractivity contribution in [1.29, 1.82) is 0 Å². The van der Waals surface area contributed by atoms with E-state index < -0.39 is 39.5 Å². The molecule has 0 atom stereocenters. The molecule has 0 aromatic heterocycles. The van der Waals surface area contributed by atoms with Gasteiger partial charge in [0.15, 0.2) is 33.0 Å². The fraction of sp³-hybridized carbons (Fsp3) is 0.538. The molecule has 3 nitrogen and oxygen atoms in total. The zero-order valence-electron chi connectivity index (χ0n) is 11.9. The Kier molecular flexibility index (Phi) is 7.87. The fourth-order valence-corrected chi connectivity index (χ4v) is 2.74. The quantitative estimate of drug-likeness (QED) is 0.174. The van der Waals surface area contributed by atoms with Gasteiger partial charge in [0.25, 0.3) is 6.48 Å². The molecule has 0 aliphatic carbocycles. The van der Waals surface area contributed by atoms with Crippen LogP contribution >= 0.6 is 0 Å². The first-order valence-electron chi connectivity index (χ1n) is 6.67. The number of halogens is 4. The van der Waals surface area contributed by atoms with E-state index in [1.54, 1.807) is 13.8 Å². The zero-order chi connectivity index (χ0) is 15.8. The average molecular weight is 326 g/mol. The molecule has 0 heterocycles. The lowest BCUT2D eigenvalue weighted by atomic mass is 10.1. The fourth-order valence-electron chi connectivity index (χ4n) is 1.66. The normalized spacial score (nSPS) is 12.0. The standard InChI is InChI=1S/C13H18F4O3Si/c1-3-18-13(19-4-2)20-21-6-5-8-7-9(14)11(16)12(17)10(8)15/h7,13H,3-6,21H2,1-2H3. The van der Waals surface area contributed by atoms with E-state index in [1.165, 1.54) is 0 Å². The van der Waals surface area contributed by atoms with E-state index in [2.05, 4.69) is 0 Å². The van der Waals surface area contributed by atoms with Gasteiger partial charge in [-0.25, -0.2) is 17.6 Å². The Morgan fingerprint density at radius 3 is 2.19 bits per heavy atom. The zero-order valence-corrected chi connectivity index (χ0v) is 13.3. The third-order valence-corrected chi connectivity index (χ3v) is 3.78. The molecule has 0 unspecified atom stereocenters. The van der Waals surface area contributed by atoms with Gasteiger partial charge in [-0.1, -0.05) is 0 Å². The van der Waals surface area contributed by atoms with Crippen molar-refractivity contribution in [1.82, 2.24) is 0 Å². The molecule has 0 fully saturated rings. The molecule has 1 aromatic rings. The van der Waals surface area contributed by atoms with Gasteiger partial charge in [0.2, 0.25) is 0 Å². The van der Waals surface area contributed by atoms with Crippen LogP contribution in [0.25, 0.3) is 0 Å². The molecular formula is C13H18F4O3Si.